The second kappa shape index (κ2) is 8.13. The first-order valence-electron chi connectivity index (χ1n) is 8.42. The third-order valence-corrected chi connectivity index (χ3v) is 8.27. The van der Waals surface area contributed by atoms with Gasteiger partial charge >= 0.3 is 0 Å². The topological polar surface area (TPSA) is 124 Å². The maximum atomic E-state index is 13.4. The third kappa shape index (κ3) is 3.84. The number of hydrogen-bond acceptors (Lipinski definition) is 7. The molecule has 0 N–H and O–H groups in total. The van der Waals surface area contributed by atoms with Crippen LogP contribution in [0.15, 0.2) is 88.7 Å². The van der Waals surface area contributed by atoms with Gasteiger partial charge in [0.25, 0.3) is 25.7 Å². The molecule has 0 spiro atoms. The summed E-state index contributed by atoms with van der Waals surface area (Å²) in [5.41, 5.74) is -0.998. The van der Waals surface area contributed by atoms with E-state index in [1.807, 2.05) is 0 Å². The molecule has 0 atom stereocenters. The number of sulfonamides is 2. The lowest BCUT2D eigenvalue weighted by molar-refractivity contribution is -0.384. The van der Waals surface area contributed by atoms with Crippen LogP contribution in [0.25, 0.3) is 0 Å². The van der Waals surface area contributed by atoms with Crippen LogP contribution in [-0.2, 0) is 20.0 Å². The predicted molar refractivity (Wildman–Crippen MR) is 109 cm³/mol. The van der Waals surface area contributed by atoms with Crippen LogP contribution in [0.5, 0.6) is 5.75 Å². The van der Waals surface area contributed by atoms with Crippen LogP contribution in [-0.4, -0.2) is 28.9 Å². The van der Waals surface area contributed by atoms with Crippen LogP contribution < -0.4 is 8.45 Å². The van der Waals surface area contributed by atoms with Crippen molar-refractivity contribution in [2.24, 2.45) is 0 Å². The monoisotopic (exact) mass is 448 g/mol. The lowest BCUT2D eigenvalue weighted by Crippen LogP contribution is -2.37. The summed E-state index contributed by atoms with van der Waals surface area (Å²) < 4.78 is 59.0. The summed E-state index contributed by atoms with van der Waals surface area (Å²) in [7, 11) is -8.18. The molecule has 0 bridgehead atoms. The molecule has 0 saturated carbocycles. The molecule has 3 aromatic carbocycles. The van der Waals surface area contributed by atoms with Crippen molar-refractivity contribution in [3.63, 3.8) is 0 Å². The van der Waals surface area contributed by atoms with Gasteiger partial charge in [-0.15, -0.1) is 0 Å². The second-order valence-corrected chi connectivity index (χ2v) is 9.75. The summed E-state index contributed by atoms with van der Waals surface area (Å²) in [6, 6.07) is 16.9. The molecule has 156 valence electrons. The van der Waals surface area contributed by atoms with Crippen LogP contribution >= 0.6 is 0 Å². The Hall–Kier alpha value is -3.44. The maximum absolute atomic E-state index is 13.4. The molecule has 0 fully saturated rings. The van der Waals surface area contributed by atoms with Crippen LogP contribution in [0.4, 0.5) is 11.4 Å². The molecule has 0 aliphatic rings. The van der Waals surface area contributed by atoms with Crippen molar-refractivity contribution in [1.82, 2.24) is 0 Å². The van der Waals surface area contributed by atoms with E-state index in [0.29, 0.717) is 0 Å². The van der Waals surface area contributed by atoms with Crippen LogP contribution in [0.1, 0.15) is 0 Å². The minimum absolute atomic E-state index is 0.163. The first kappa shape index (κ1) is 21.3. The number of rotatable bonds is 7. The average Bonchev–Trinajstić information content (AvgIpc) is 2.74. The lowest BCUT2D eigenvalue weighted by atomic mass is 10.2. The van der Waals surface area contributed by atoms with E-state index in [2.05, 4.69) is 0 Å². The van der Waals surface area contributed by atoms with Gasteiger partial charge in [0.05, 0.1) is 21.8 Å². The van der Waals surface area contributed by atoms with E-state index in [1.54, 1.807) is 12.1 Å². The lowest BCUT2D eigenvalue weighted by Gasteiger charge is -2.25. The van der Waals surface area contributed by atoms with Gasteiger partial charge in [0.2, 0.25) is 0 Å². The Kier molecular flexibility index (Phi) is 5.76. The quantitative estimate of drug-likeness (QED) is 0.401. The molecule has 3 rings (SSSR count). The number of nitro groups is 1. The average molecular weight is 448 g/mol. The molecule has 11 heteroatoms. The molecule has 0 aliphatic carbocycles. The summed E-state index contributed by atoms with van der Waals surface area (Å²) >= 11 is 0. The maximum Gasteiger partial charge on any atom is 0.277 e. The smallest absolute Gasteiger partial charge is 0.277 e. The molecule has 30 heavy (non-hydrogen) atoms. The number of nitro benzene ring substituents is 1. The normalized spacial score (nSPS) is 11.6. The number of nitrogens with zero attached hydrogens (tertiary/aromatic N) is 2. The summed E-state index contributed by atoms with van der Waals surface area (Å²) in [5.74, 6) is -0.167. The number of methoxy groups -OCH3 is 1. The van der Waals surface area contributed by atoms with Crippen molar-refractivity contribution in [2.45, 2.75) is 9.79 Å². The van der Waals surface area contributed by atoms with Gasteiger partial charge in [-0.2, -0.15) is 3.71 Å². The van der Waals surface area contributed by atoms with Crippen LogP contribution in [0, 0.1) is 10.1 Å². The molecular weight excluding hydrogens is 432 g/mol. The van der Waals surface area contributed by atoms with E-state index >= 15 is 0 Å². The third-order valence-electron chi connectivity index (χ3n) is 4.09. The Morgan fingerprint density at radius 1 is 0.800 bits per heavy atom. The minimum Gasteiger partial charge on any atom is -0.494 e. The fourth-order valence-corrected chi connectivity index (χ4v) is 6.44. The van der Waals surface area contributed by atoms with Crippen LogP contribution in [0.3, 0.4) is 0 Å². The molecule has 0 radical (unpaired) electrons. The van der Waals surface area contributed by atoms with Crippen molar-refractivity contribution in [2.75, 3.05) is 10.8 Å². The van der Waals surface area contributed by atoms with Crippen molar-refractivity contribution in [3.05, 3.63) is 89.0 Å². The Bertz CT molecular complexity index is 1210. The number of ether oxygens (including phenoxy) is 1. The molecular formula is C19H16N2O7S2. The van der Waals surface area contributed by atoms with E-state index in [-0.39, 0.29) is 19.3 Å². The predicted octanol–water partition coefficient (Wildman–Crippen LogP) is 3.19. The van der Waals surface area contributed by atoms with E-state index in [9.17, 15) is 26.9 Å². The van der Waals surface area contributed by atoms with Gasteiger partial charge in [0, 0.05) is 12.1 Å². The van der Waals surface area contributed by atoms with Gasteiger partial charge in [-0.1, -0.05) is 36.4 Å². The molecule has 0 amide bonds. The van der Waals surface area contributed by atoms with Gasteiger partial charge in [-0.3, -0.25) is 10.1 Å². The zero-order chi connectivity index (χ0) is 21.9. The largest absolute Gasteiger partial charge is 0.494 e. The summed E-state index contributed by atoms with van der Waals surface area (Å²) in [5, 5.41) is 11.3. The Morgan fingerprint density at radius 3 is 1.67 bits per heavy atom. The number of hydrogen-bond donors (Lipinski definition) is 0. The fraction of sp³-hybridized carbons (Fsp3) is 0.0526. The first-order chi connectivity index (χ1) is 14.2. The second-order valence-electron chi connectivity index (χ2n) is 5.95. The molecule has 0 aliphatic heterocycles. The molecule has 0 saturated heterocycles. The van der Waals surface area contributed by atoms with Crippen LogP contribution in [0.2, 0.25) is 0 Å². The van der Waals surface area contributed by atoms with Gasteiger partial charge in [-0.05, 0) is 30.3 Å². The molecule has 0 aromatic heterocycles. The van der Waals surface area contributed by atoms with Gasteiger partial charge in [0.15, 0.2) is 0 Å². The summed E-state index contributed by atoms with van der Waals surface area (Å²) in [6.07, 6.45) is 0. The minimum atomic E-state index is -4.69. The van der Waals surface area contributed by atoms with Crippen molar-refractivity contribution in [3.8, 4) is 5.75 Å². The summed E-state index contributed by atoms with van der Waals surface area (Å²) in [4.78, 5) is 9.89. The number of non-ortho nitro benzene ring substituents is 1. The number of benzene rings is 3. The molecule has 3 aromatic rings. The molecule has 9 nitrogen and oxygen atoms in total. The Balaban J connectivity index is 2.38. The highest BCUT2D eigenvalue weighted by atomic mass is 32.3. The van der Waals surface area contributed by atoms with Gasteiger partial charge < -0.3 is 4.74 Å². The van der Waals surface area contributed by atoms with Gasteiger partial charge in [-0.25, -0.2) is 16.8 Å². The zero-order valence-corrected chi connectivity index (χ0v) is 17.2. The highest BCUT2D eigenvalue weighted by Crippen LogP contribution is 2.39. The highest BCUT2D eigenvalue weighted by Gasteiger charge is 2.39. The van der Waals surface area contributed by atoms with E-state index in [1.165, 1.54) is 55.6 Å². The highest BCUT2D eigenvalue weighted by molar-refractivity contribution is 8.10. The Labute approximate surface area is 173 Å². The zero-order valence-electron chi connectivity index (χ0n) is 15.6. The van der Waals surface area contributed by atoms with Crippen molar-refractivity contribution in [1.29, 1.82) is 0 Å². The van der Waals surface area contributed by atoms with E-state index in [4.69, 9.17) is 4.74 Å². The van der Waals surface area contributed by atoms with Crippen molar-refractivity contribution < 1.29 is 26.5 Å². The molecule has 0 unspecified atom stereocenters. The fourth-order valence-electron chi connectivity index (χ4n) is 2.70. The Morgan fingerprint density at radius 2 is 1.27 bits per heavy atom. The van der Waals surface area contributed by atoms with E-state index < -0.39 is 36.3 Å². The molecule has 0 heterocycles. The van der Waals surface area contributed by atoms with Crippen molar-refractivity contribution >= 4 is 31.4 Å². The van der Waals surface area contributed by atoms with Gasteiger partial charge in [0.1, 0.15) is 11.4 Å². The standard InChI is InChI=1S/C19H16N2O7S2/c1-28-19-13-12-15(20(22)23)14-18(19)21(29(24,25)16-8-4-2-5-9-16)30(26,27)17-10-6-3-7-11-17/h2-14H,1H3. The summed E-state index contributed by atoms with van der Waals surface area (Å²) in [6.45, 7) is 0. The van der Waals surface area contributed by atoms with E-state index in [0.717, 1.165) is 18.2 Å². The SMILES string of the molecule is COc1ccc([N+](=O)[O-])cc1N(S(=O)(=O)c1ccccc1)S(=O)(=O)c1ccccc1. The first-order valence-corrected chi connectivity index (χ1v) is 11.3. The number of anilines is 1.